The van der Waals surface area contributed by atoms with Gasteiger partial charge in [0.2, 0.25) is 5.91 Å². The smallest absolute Gasteiger partial charge is 0.227 e. The molecule has 0 unspecified atom stereocenters. The molecule has 0 saturated carbocycles. The van der Waals surface area contributed by atoms with Gasteiger partial charge < -0.3 is 15.0 Å². The number of carbonyl (C=O) groups is 1. The quantitative estimate of drug-likeness (QED) is 0.692. The van der Waals surface area contributed by atoms with E-state index in [1.807, 2.05) is 54.0 Å². The zero-order valence-electron chi connectivity index (χ0n) is 15.8. The second-order valence-corrected chi connectivity index (χ2v) is 7.69. The van der Waals surface area contributed by atoms with Crippen molar-refractivity contribution in [3.05, 3.63) is 52.6 Å². The topological polar surface area (TPSA) is 72.3 Å². The first kappa shape index (κ1) is 18.6. The minimum absolute atomic E-state index is 0.162. The van der Waals surface area contributed by atoms with Crippen LogP contribution >= 0.6 is 11.3 Å². The molecule has 1 aliphatic rings. The number of nitrogens with one attached hydrogen (secondary N) is 1. The highest BCUT2D eigenvalue weighted by atomic mass is 32.1. The van der Waals surface area contributed by atoms with Gasteiger partial charge in [-0.05, 0) is 17.7 Å². The maximum atomic E-state index is 12.3. The first-order valence-corrected chi connectivity index (χ1v) is 10.2. The molecule has 1 N–H and O–H groups in total. The van der Waals surface area contributed by atoms with Crippen molar-refractivity contribution in [2.45, 2.75) is 13.0 Å². The molecule has 146 valence electrons. The lowest BCUT2D eigenvalue weighted by molar-refractivity contribution is -0.134. The van der Waals surface area contributed by atoms with Crippen molar-refractivity contribution in [1.82, 2.24) is 19.7 Å². The van der Waals surface area contributed by atoms with Crippen LogP contribution in [-0.2, 0) is 29.5 Å². The summed E-state index contributed by atoms with van der Waals surface area (Å²) >= 11 is 1.63. The molecule has 1 aromatic carbocycles. The average molecular weight is 398 g/mol. The number of benzene rings is 1. The molecule has 28 heavy (non-hydrogen) atoms. The van der Waals surface area contributed by atoms with Crippen LogP contribution in [0, 0.1) is 0 Å². The Morgan fingerprint density at radius 3 is 2.75 bits per heavy atom. The van der Waals surface area contributed by atoms with Crippen LogP contribution in [0.1, 0.15) is 10.6 Å². The molecule has 2 aromatic heterocycles. The van der Waals surface area contributed by atoms with E-state index in [0.29, 0.717) is 39.3 Å². The highest BCUT2D eigenvalue weighted by molar-refractivity contribution is 7.09. The largest absolute Gasteiger partial charge is 0.379 e. The van der Waals surface area contributed by atoms with Gasteiger partial charge in [-0.15, -0.1) is 11.3 Å². The lowest BCUT2D eigenvalue weighted by Crippen LogP contribution is -2.41. The normalized spacial score (nSPS) is 14.2. The van der Waals surface area contributed by atoms with Crippen molar-refractivity contribution >= 4 is 22.9 Å². The van der Waals surface area contributed by atoms with Crippen LogP contribution in [0.3, 0.4) is 0 Å². The van der Waals surface area contributed by atoms with Crippen LogP contribution in [-0.4, -0.2) is 51.9 Å². The number of nitrogens with zero attached hydrogens (tertiary/aromatic N) is 4. The molecular formula is C20H23N5O2S. The van der Waals surface area contributed by atoms with Gasteiger partial charge >= 0.3 is 0 Å². The predicted molar refractivity (Wildman–Crippen MR) is 109 cm³/mol. The Kier molecular flexibility index (Phi) is 5.68. The Morgan fingerprint density at radius 2 is 2.04 bits per heavy atom. The lowest BCUT2D eigenvalue weighted by Gasteiger charge is -2.26. The van der Waals surface area contributed by atoms with E-state index in [1.54, 1.807) is 16.0 Å². The van der Waals surface area contributed by atoms with Crippen molar-refractivity contribution in [3.8, 4) is 11.3 Å². The number of rotatable bonds is 6. The van der Waals surface area contributed by atoms with Gasteiger partial charge in [-0.1, -0.05) is 12.1 Å². The van der Waals surface area contributed by atoms with Crippen LogP contribution in [0.25, 0.3) is 11.3 Å². The number of anilines is 1. The number of ether oxygens (including phenoxy) is 1. The zero-order valence-corrected chi connectivity index (χ0v) is 16.6. The van der Waals surface area contributed by atoms with Gasteiger partial charge in [0.15, 0.2) is 0 Å². The highest BCUT2D eigenvalue weighted by Gasteiger charge is 2.16. The van der Waals surface area contributed by atoms with Gasteiger partial charge in [-0.2, -0.15) is 5.10 Å². The van der Waals surface area contributed by atoms with E-state index < -0.39 is 0 Å². The van der Waals surface area contributed by atoms with Gasteiger partial charge in [0.25, 0.3) is 0 Å². The van der Waals surface area contributed by atoms with Crippen molar-refractivity contribution < 1.29 is 9.53 Å². The molecule has 1 aliphatic heterocycles. The number of amides is 1. The molecule has 0 bridgehead atoms. The minimum atomic E-state index is 0.162. The fraction of sp³-hybridized carbons (Fsp3) is 0.350. The average Bonchev–Trinajstić information content (AvgIpc) is 3.37. The van der Waals surface area contributed by atoms with Gasteiger partial charge in [-0.3, -0.25) is 9.48 Å². The van der Waals surface area contributed by atoms with Crippen molar-refractivity contribution in [3.63, 3.8) is 0 Å². The molecule has 0 aliphatic carbocycles. The molecule has 4 rings (SSSR count). The van der Waals surface area contributed by atoms with Gasteiger partial charge in [-0.25, -0.2) is 4.98 Å². The van der Waals surface area contributed by atoms with Crippen LogP contribution in [0.4, 0.5) is 5.69 Å². The van der Waals surface area contributed by atoms with Gasteiger partial charge in [0.1, 0.15) is 5.01 Å². The summed E-state index contributed by atoms with van der Waals surface area (Å²) < 4.78 is 7.07. The second-order valence-electron chi connectivity index (χ2n) is 6.75. The zero-order chi connectivity index (χ0) is 19.3. The number of thiazole rings is 1. The maximum Gasteiger partial charge on any atom is 0.227 e. The summed E-state index contributed by atoms with van der Waals surface area (Å²) in [6.45, 7) is 3.30. The molecule has 3 aromatic rings. The lowest BCUT2D eigenvalue weighted by atomic mass is 10.1. The SMILES string of the molecule is Cn1cc(-c2csc(CNc3ccc(CC(=O)N4CCOCC4)cc3)n2)cn1. The van der Waals surface area contributed by atoms with Crippen LogP contribution in [0.15, 0.2) is 42.0 Å². The minimum Gasteiger partial charge on any atom is -0.379 e. The Labute approximate surface area is 168 Å². The van der Waals surface area contributed by atoms with E-state index in [1.165, 1.54) is 0 Å². The number of carbonyl (C=O) groups excluding carboxylic acids is 1. The van der Waals surface area contributed by atoms with Crippen LogP contribution in [0.2, 0.25) is 0 Å². The summed E-state index contributed by atoms with van der Waals surface area (Å²) in [6.07, 6.45) is 4.22. The maximum absolute atomic E-state index is 12.3. The van der Waals surface area contributed by atoms with E-state index in [9.17, 15) is 4.79 Å². The third kappa shape index (κ3) is 4.58. The van der Waals surface area contributed by atoms with E-state index in [2.05, 4.69) is 15.4 Å². The molecule has 1 saturated heterocycles. The number of aryl methyl sites for hydroxylation is 1. The van der Waals surface area contributed by atoms with E-state index in [-0.39, 0.29) is 5.91 Å². The standard InChI is InChI=1S/C20H23N5O2S/c1-24-13-16(11-22-24)18-14-28-19(23-18)12-21-17-4-2-15(3-5-17)10-20(26)25-6-8-27-9-7-25/h2-5,11,13-14,21H,6-10,12H2,1H3. The number of aromatic nitrogens is 3. The summed E-state index contributed by atoms with van der Waals surface area (Å²) in [7, 11) is 1.90. The third-order valence-electron chi connectivity index (χ3n) is 4.67. The first-order valence-electron chi connectivity index (χ1n) is 9.29. The monoisotopic (exact) mass is 397 g/mol. The molecule has 1 fully saturated rings. The number of morpholine rings is 1. The van der Waals surface area contributed by atoms with Crippen molar-refractivity contribution in [2.24, 2.45) is 7.05 Å². The highest BCUT2D eigenvalue weighted by Crippen LogP contribution is 2.22. The molecule has 3 heterocycles. The van der Waals surface area contributed by atoms with Gasteiger partial charge in [0, 0.05) is 43.0 Å². The van der Waals surface area contributed by atoms with Gasteiger partial charge in [0.05, 0.1) is 38.1 Å². The predicted octanol–water partition coefficient (Wildman–Crippen LogP) is 2.56. The Bertz CT molecular complexity index is 928. The second kappa shape index (κ2) is 8.53. The summed E-state index contributed by atoms with van der Waals surface area (Å²) in [4.78, 5) is 18.9. The summed E-state index contributed by atoms with van der Waals surface area (Å²) in [5, 5.41) is 10.6. The third-order valence-corrected chi connectivity index (χ3v) is 5.52. The molecule has 0 spiro atoms. The molecule has 0 radical (unpaired) electrons. The van der Waals surface area contributed by atoms with Crippen molar-refractivity contribution in [1.29, 1.82) is 0 Å². The van der Waals surface area contributed by atoms with Crippen LogP contribution in [0.5, 0.6) is 0 Å². The fourth-order valence-electron chi connectivity index (χ4n) is 3.10. The number of hydrogen-bond donors (Lipinski definition) is 1. The molecular weight excluding hydrogens is 374 g/mol. The Morgan fingerprint density at radius 1 is 1.25 bits per heavy atom. The Hall–Kier alpha value is -2.71. The number of hydrogen-bond acceptors (Lipinski definition) is 6. The molecule has 0 atom stereocenters. The van der Waals surface area contributed by atoms with E-state index >= 15 is 0 Å². The Balaban J connectivity index is 1.30. The summed E-state index contributed by atoms with van der Waals surface area (Å²) in [5.41, 5.74) is 4.02. The van der Waals surface area contributed by atoms with E-state index in [0.717, 1.165) is 27.5 Å². The van der Waals surface area contributed by atoms with Crippen molar-refractivity contribution in [2.75, 3.05) is 31.6 Å². The summed E-state index contributed by atoms with van der Waals surface area (Å²) in [5.74, 6) is 0.162. The molecule has 1 amide bonds. The van der Waals surface area contributed by atoms with Crippen LogP contribution < -0.4 is 5.32 Å². The summed E-state index contributed by atoms with van der Waals surface area (Å²) in [6, 6.07) is 8.03. The first-order chi connectivity index (χ1) is 13.7. The fourth-order valence-corrected chi connectivity index (χ4v) is 3.84. The molecule has 7 nitrogen and oxygen atoms in total. The molecule has 8 heteroatoms. The van der Waals surface area contributed by atoms with E-state index in [4.69, 9.17) is 4.74 Å².